The highest BCUT2D eigenvalue weighted by molar-refractivity contribution is 5.88. The molecule has 2 aromatic carbocycles. The van der Waals surface area contributed by atoms with Gasteiger partial charge in [-0.2, -0.15) is 5.26 Å². The van der Waals surface area contributed by atoms with Crippen molar-refractivity contribution in [2.75, 3.05) is 0 Å². The van der Waals surface area contributed by atoms with Gasteiger partial charge in [-0.15, -0.1) is 0 Å². The molecule has 0 saturated heterocycles. The summed E-state index contributed by atoms with van der Waals surface area (Å²) in [4.78, 5) is 12.1. The van der Waals surface area contributed by atoms with Crippen LogP contribution in [-0.2, 0) is 11.2 Å². The molecule has 1 unspecified atom stereocenters. The van der Waals surface area contributed by atoms with Crippen LogP contribution in [0.4, 0.5) is 0 Å². The second kappa shape index (κ2) is 6.51. The lowest BCUT2D eigenvalue weighted by Gasteiger charge is -2.08. The molecule has 0 aliphatic carbocycles. The Bertz CT molecular complexity index is 569. The van der Waals surface area contributed by atoms with Crippen LogP contribution in [0.2, 0.25) is 0 Å². The molecule has 0 bridgehead atoms. The summed E-state index contributed by atoms with van der Waals surface area (Å²) in [6.45, 7) is 0. The molecule has 0 fully saturated rings. The molecule has 19 heavy (non-hydrogen) atoms. The first-order valence-corrected chi connectivity index (χ1v) is 6.32. The first-order chi connectivity index (χ1) is 9.31. The molecule has 2 rings (SSSR count). The minimum absolute atomic E-state index is 0.0162. The molecule has 0 aromatic heterocycles. The molecule has 94 valence electrons. The lowest BCUT2D eigenvalue weighted by atomic mass is 9.92. The summed E-state index contributed by atoms with van der Waals surface area (Å²) < 4.78 is 0. The highest BCUT2D eigenvalue weighted by Crippen LogP contribution is 2.18. The minimum atomic E-state index is -0.648. The van der Waals surface area contributed by atoms with Crippen LogP contribution in [0.1, 0.15) is 23.5 Å². The van der Waals surface area contributed by atoms with Gasteiger partial charge in [-0.05, 0) is 17.5 Å². The highest BCUT2D eigenvalue weighted by Gasteiger charge is 2.19. The van der Waals surface area contributed by atoms with Crippen LogP contribution >= 0.6 is 0 Å². The topological polar surface area (TPSA) is 40.9 Å². The molecule has 0 radical (unpaired) electrons. The second-order valence-corrected chi connectivity index (χ2v) is 4.42. The van der Waals surface area contributed by atoms with Gasteiger partial charge in [0.25, 0.3) is 0 Å². The van der Waals surface area contributed by atoms with Gasteiger partial charge in [-0.25, -0.2) is 0 Å². The van der Waals surface area contributed by atoms with Crippen molar-refractivity contribution < 1.29 is 4.79 Å². The highest BCUT2D eigenvalue weighted by atomic mass is 16.1. The van der Waals surface area contributed by atoms with E-state index in [9.17, 15) is 10.1 Å². The van der Waals surface area contributed by atoms with E-state index < -0.39 is 5.92 Å². The van der Waals surface area contributed by atoms with Crippen LogP contribution in [-0.4, -0.2) is 5.78 Å². The number of rotatable bonds is 5. The van der Waals surface area contributed by atoms with Crippen molar-refractivity contribution in [2.24, 2.45) is 0 Å². The molecule has 0 heterocycles. The molecule has 0 amide bonds. The first kappa shape index (κ1) is 13.0. The van der Waals surface area contributed by atoms with E-state index in [1.54, 1.807) is 0 Å². The summed E-state index contributed by atoms with van der Waals surface area (Å²) >= 11 is 0. The van der Waals surface area contributed by atoms with Gasteiger partial charge in [-0.3, -0.25) is 4.79 Å². The maximum atomic E-state index is 12.1. The number of nitriles is 1. The van der Waals surface area contributed by atoms with E-state index >= 15 is 0 Å². The van der Waals surface area contributed by atoms with Crippen molar-refractivity contribution in [1.82, 2.24) is 0 Å². The van der Waals surface area contributed by atoms with Crippen LogP contribution < -0.4 is 0 Å². The standard InChI is InChI=1S/C17H15NO/c18-13-16(15-9-5-2-6-10-15)17(19)12-11-14-7-3-1-4-8-14/h1-10,16H,11-12H2. The van der Waals surface area contributed by atoms with E-state index in [0.29, 0.717) is 12.8 Å². The van der Waals surface area contributed by atoms with E-state index in [0.717, 1.165) is 11.1 Å². The zero-order valence-electron chi connectivity index (χ0n) is 10.6. The molecular formula is C17H15NO. The third-order valence-electron chi connectivity index (χ3n) is 3.09. The van der Waals surface area contributed by atoms with Crippen molar-refractivity contribution in [3.8, 4) is 6.07 Å². The normalized spacial score (nSPS) is 11.5. The van der Waals surface area contributed by atoms with Crippen molar-refractivity contribution in [3.05, 3.63) is 71.8 Å². The van der Waals surface area contributed by atoms with E-state index in [4.69, 9.17) is 0 Å². The summed E-state index contributed by atoms with van der Waals surface area (Å²) in [5, 5.41) is 9.18. The fraction of sp³-hybridized carbons (Fsp3) is 0.176. The zero-order valence-corrected chi connectivity index (χ0v) is 10.6. The molecule has 0 spiro atoms. The molecule has 2 aromatic rings. The number of hydrogen-bond acceptors (Lipinski definition) is 2. The second-order valence-electron chi connectivity index (χ2n) is 4.42. The van der Waals surface area contributed by atoms with E-state index in [-0.39, 0.29) is 5.78 Å². The number of nitrogens with zero attached hydrogens (tertiary/aromatic N) is 1. The Kier molecular flexibility index (Phi) is 4.47. The fourth-order valence-corrected chi connectivity index (χ4v) is 2.03. The van der Waals surface area contributed by atoms with E-state index in [1.165, 1.54) is 0 Å². The molecule has 2 heteroatoms. The number of carbonyl (C=O) groups excluding carboxylic acids is 1. The number of carbonyl (C=O) groups is 1. The molecule has 0 N–H and O–H groups in total. The van der Waals surface area contributed by atoms with Gasteiger partial charge in [0, 0.05) is 6.42 Å². The van der Waals surface area contributed by atoms with Gasteiger partial charge in [0.05, 0.1) is 6.07 Å². The monoisotopic (exact) mass is 249 g/mol. The Morgan fingerprint density at radius 2 is 1.58 bits per heavy atom. The van der Waals surface area contributed by atoms with Crippen molar-refractivity contribution in [3.63, 3.8) is 0 Å². The predicted octanol–water partition coefficient (Wildman–Crippen LogP) is 3.50. The summed E-state index contributed by atoms with van der Waals surface area (Å²) in [5.41, 5.74) is 1.91. The van der Waals surface area contributed by atoms with Gasteiger partial charge in [-0.1, -0.05) is 60.7 Å². The number of benzene rings is 2. The Morgan fingerprint density at radius 3 is 2.16 bits per heavy atom. The van der Waals surface area contributed by atoms with E-state index in [2.05, 4.69) is 6.07 Å². The van der Waals surface area contributed by atoms with Crippen LogP contribution in [0.15, 0.2) is 60.7 Å². The number of Topliss-reactive ketones (excluding diaryl/α,β-unsaturated/α-hetero) is 1. The van der Waals surface area contributed by atoms with E-state index in [1.807, 2.05) is 60.7 Å². The van der Waals surface area contributed by atoms with Gasteiger partial charge >= 0.3 is 0 Å². The summed E-state index contributed by atoms with van der Waals surface area (Å²) in [6.07, 6.45) is 1.09. The minimum Gasteiger partial charge on any atom is -0.298 e. The molecular weight excluding hydrogens is 234 g/mol. The van der Waals surface area contributed by atoms with Crippen molar-refractivity contribution >= 4 is 5.78 Å². The quantitative estimate of drug-likeness (QED) is 0.813. The van der Waals surface area contributed by atoms with Crippen molar-refractivity contribution in [1.29, 1.82) is 5.26 Å². The SMILES string of the molecule is N#CC(C(=O)CCc1ccccc1)c1ccccc1. The summed E-state index contributed by atoms with van der Waals surface area (Å²) in [6, 6.07) is 21.2. The largest absolute Gasteiger partial charge is 0.298 e. The molecule has 0 aliphatic heterocycles. The van der Waals surface area contributed by atoms with Crippen LogP contribution in [0.3, 0.4) is 0 Å². The Hall–Kier alpha value is -2.40. The molecule has 0 saturated carbocycles. The Balaban J connectivity index is 2.01. The van der Waals surface area contributed by atoms with Gasteiger partial charge < -0.3 is 0 Å². The third-order valence-corrected chi connectivity index (χ3v) is 3.09. The lowest BCUT2D eigenvalue weighted by Crippen LogP contribution is -2.11. The van der Waals surface area contributed by atoms with Crippen LogP contribution in [0.5, 0.6) is 0 Å². The number of hydrogen-bond donors (Lipinski definition) is 0. The lowest BCUT2D eigenvalue weighted by molar-refractivity contribution is -0.119. The zero-order chi connectivity index (χ0) is 13.5. The summed E-state index contributed by atoms with van der Waals surface area (Å²) in [7, 11) is 0. The number of ketones is 1. The maximum absolute atomic E-state index is 12.1. The summed E-state index contributed by atoms with van der Waals surface area (Å²) in [5.74, 6) is -0.664. The molecule has 1 atom stereocenters. The van der Waals surface area contributed by atoms with Crippen molar-refractivity contribution in [2.45, 2.75) is 18.8 Å². The van der Waals surface area contributed by atoms with Gasteiger partial charge in [0.2, 0.25) is 0 Å². The van der Waals surface area contributed by atoms with Crippen LogP contribution in [0, 0.1) is 11.3 Å². The molecule has 2 nitrogen and oxygen atoms in total. The Morgan fingerprint density at radius 1 is 1.00 bits per heavy atom. The van der Waals surface area contributed by atoms with Crippen LogP contribution in [0.25, 0.3) is 0 Å². The average Bonchev–Trinajstić information content (AvgIpc) is 2.48. The first-order valence-electron chi connectivity index (χ1n) is 6.32. The van der Waals surface area contributed by atoms with Gasteiger partial charge in [0.1, 0.15) is 5.92 Å². The maximum Gasteiger partial charge on any atom is 0.154 e. The number of aryl methyl sites for hydroxylation is 1. The smallest absolute Gasteiger partial charge is 0.154 e. The molecule has 0 aliphatic rings. The fourth-order valence-electron chi connectivity index (χ4n) is 2.03. The average molecular weight is 249 g/mol. The van der Waals surface area contributed by atoms with Gasteiger partial charge in [0.15, 0.2) is 5.78 Å². The third kappa shape index (κ3) is 3.53. The Labute approximate surface area is 113 Å². The predicted molar refractivity (Wildman–Crippen MR) is 74.6 cm³/mol.